The Bertz CT molecular complexity index is 1190. The molecular formula is C21H17N5O. The molecule has 3 heterocycles. The molecule has 0 aliphatic rings. The van der Waals surface area contributed by atoms with Crippen LogP contribution in [-0.2, 0) is 0 Å². The molecule has 0 spiro atoms. The zero-order valence-electron chi connectivity index (χ0n) is 15.3. The van der Waals surface area contributed by atoms with Gasteiger partial charge in [-0.1, -0.05) is 12.1 Å². The van der Waals surface area contributed by atoms with Crippen molar-refractivity contribution in [2.24, 2.45) is 0 Å². The van der Waals surface area contributed by atoms with Crippen molar-refractivity contribution in [2.75, 3.05) is 7.11 Å². The number of hydrogen-bond acceptors (Lipinski definition) is 5. The van der Waals surface area contributed by atoms with Gasteiger partial charge in [0.1, 0.15) is 5.52 Å². The second-order valence-corrected chi connectivity index (χ2v) is 6.28. The molecule has 4 aromatic rings. The van der Waals surface area contributed by atoms with E-state index in [0.717, 1.165) is 39.3 Å². The highest BCUT2D eigenvalue weighted by atomic mass is 16.5. The Morgan fingerprint density at radius 2 is 1.85 bits per heavy atom. The van der Waals surface area contributed by atoms with Gasteiger partial charge in [-0.3, -0.25) is 9.38 Å². The lowest BCUT2D eigenvalue weighted by atomic mass is 10.0. The number of pyridine rings is 1. The molecule has 1 aromatic carbocycles. The van der Waals surface area contributed by atoms with Crippen LogP contribution >= 0.6 is 0 Å². The van der Waals surface area contributed by atoms with E-state index in [1.165, 1.54) is 0 Å². The molecule has 0 fully saturated rings. The smallest absolute Gasteiger partial charge is 0.240 e. The monoisotopic (exact) mass is 355 g/mol. The van der Waals surface area contributed by atoms with Crippen molar-refractivity contribution in [1.29, 1.82) is 5.26 Å². The van der Waals surface area contributed by atoms with E-state index in [4.69, 9.17) is 15.0 Å². The summed E-state index contributed by atoms with van der Waals surface area (Å²) in [5.74, 6) is 0.493. The maximum Gasteiger partial charge on any atom is 0.240 e. The quantitative estimate of drug-likeness (QED) is 0.556. The largest absolute Gasteiger partial charge is 0.479 e. The summed E-state index contributed by atoms with van der Waals surface area (Å²) in [6, 6.07) is 11.6. The first-order valence-electron chi connectivity index (χ1n) is 8.46. The maximum atomic E-state index is 9.08. The first-order valence-corrected chi connectivity index (χ1v) is 8.46. The Morgan fingerprint density at radius 1 is 1.07 bits per heavy atom. The highest BCUT2D eigenvalue weighted by Gasteiger charge is 2.18. The Morgan fingerprint density at radius 3 is 2.52 bits per heavy atom. The maximum absolute atomic E-state index is 9.08. The standard InChI is InChI=1S/C21H17N5O/c1-13-8-17(10-24-14(13)2)20-19(16-6-4-15(9-22)5-7-16)25-21(27-3)18-11-23-12-26(18)20/h4-8,10-12H,1-3H3. The number of aromatic nitrogens is 4. The predicted molar refractivity (Wildman–Crippen MR) is 102 cm³/mol. The van der Waals surface area contributed by atoms with E-state index >= 15 is 0 Å². The van der Waals surface area contributed by atoms with Crippen LogP contribution in [0.5, 0.6) is 5.88 Å². The fourth-order valence-corrected chi connectivity index (χ4v) is 3.06. The number of hydrogen-bond donors (Lipinski definition) is 0. The molecule has 0 saturated heterocycles. The van der Waals surface area contributed by atoms with Crippen LogP contribution in [0.2, 0.25) is 0 Å². The zero-order valence-corrected chi connectivity index (χ0v) is 15.3. The summed E-state index contributed by atoms with van der Waals surface area (Å²) in [7, 11) is 1.59. The third kappa shape index (κ3) is 2.79. The highest BCUT2D eigenvalue weighted by Crippen LogP contribution is 2.35. The third-order valence-electron chi connectivity index (χ3n) is 4.63. The van der Waals surface area contributed by atoms with E-state index in [-0.39, 0.29) is 0 Å². The van der Waals surface area contributed by atoms with Gasteiger partial charge in [-0.25, -0.2) is 9.97 Å². The Balaban J connectivity index is 2.06. The van der Waals surface area contributed by atoms with Crippen molar-refractivity contribution in [2.45, 2.75) is 13.8 Å². The van der Waals surface area contributed by atoms with Gasteiger partial charge in [-0.15, -0.1) is 0 Å². The lowest BCUT2D eigenvalue weighted by Crippen LogP contribution is -2.02. The van der Waals surface area contributed by atoms with Gasteiger partial charge in [-0.05, 0) is 37.6 Å². The van der Waals surface area contributed by atoms with E-state index in [1.54, 1.807) is 31.8 Å². The summed E-state index contributed by atoms with van der Waals surface area (Å²) < 4.78 is 7.45. The molecular weight excluding hydrogens is 338 g/mol. The van der Waals surface area contributed by atoms with Crippen LogP contribution in [0.3, 0.4) is 0 Å². The molecule has 0 atom stereocenters. The van der Waals surface area contributed by atoms with Gasteiger partial charge in [0.05, 0.1) is 42.7 Å². The average molecular weight is 355 g/mol. The van der Waals surface area contributed by atoms with Crippen molar-refractivity contribution < 1.29 is 4.74 Å². The Kier molecular flexibility index (Phi) is 4.05. The minimum absolute atomic E-state index is 0.493. The number of aryl methyl sites for hydroxylation is 2. The topological polar surface area (TPSA) is 76.1 Å². The van der Waals surface area contributed by atoms with Crippen molar-refractivity contribution in [1.82, 2.24) is 19.4 Å². The van der Waals surface area contributed by atoms with Crippen molar-refractivity contribution >= 4 is 5.52 Å². The van der Waals surface area contributed by atoms with Gasteiger partial charge in [0, 0.05) is 23.0 Å². The molecule has 6 nitrogen and oxygen atoms in total. The van der Waals surface area contributed by atoms with Crippen molar-refractivity contribution in [3.05, 3.63) is 65.9 Å². The molecule has 0 amide bonds. The number of rotatable bonds is 3. The van der Waals surface area contributed by atoms with Crippen molar-refractivity contribution in [3.8, 4) is 34.5 Å². The molecule has 0 radical (unpaired) electrons. The van der Waals surface area contributed by atoms with Crippen LogP contribution in [0.4, 0.5) is 0 Å². The lowest BCUT2D eigenvalue weighted by molar-refractivity contribution is 0.402. The van der Waals surface area contributed by atoms with Gasteiger partial charge in [0.25, 0.3) is 0 Å². The second kappa shape index (κ2) is 6.54. The Labute approximate surface area is 156 Å². The predicted octanol–water partition coefficient (Wildman–Crippen LogP) is 3.96. The lowest BCUT2D eigenvalue weighted by Gasteiger charge is -2.15. The minimum atomic E-state index is 0.493. The summed E-state index contributed by atoms with van der Waals surface area (Å²) in [4.78, 5) is 13.5. The van der Waals surface area contributed by atoms with Crippen LogP contribution in [-0.4, -0.2) is 26.5 Å². The molecule has 0 saturated carbocycles. The summed E-state index contributed by atoms with van der Waals surface area (Å²) in [5.41, 5.74) is 6.92. The van der Waals surface area contributed by atoms with Gasteiger partial charge in [-0.2, -0.15) is 5.26 Å². The number of imidazole rings is 1. The van der Waals surface area contributed by atoms with Crippen LogP contribution in [0.1, 0.15) is 16.8 Å². The van der Waals surface area contributed by atoms with E-state index in [9.17, 15) is 0 Å². The van der Waals surface area contributed by atoms with Gasteiger partial charge in [0.2, 0.25) is 5.88 Å². The normalized spacial score (nSPS) is 10.7. The summed E-state index contributed by atoms with van der Waals surface area (Å²) in [6.45, 7) is 4.02. The molecule has 0 unspecified atom stereocenters. The van der Waals surface area contributed by atoms with E-state index in [1.807, 2.05) is 36.6 Å². The van der Waals surface area contributed by atoms with E-state index < -0.39 is 0 Å². The zero-order chi connectivity index (χ0) is 19.0. The highest BCUT2D eigenvalue weighted by molar-refractivity contribution is 5.82. The molecule has 0 bridgehead atoms. The average Bonchev–Trinajstić information content (AvgIpc) is 3.19. The summed E-state index contributed by atoms with van der Waals surface area (Å²) >= 11 is 0. The molecule has 0 aliphatic carbocycles. The SMILES string of the molecule is COc1nc(-c2ccc(C#N)cc2)c(-c2cnc(C)c(C)c2)n2cncc12. The number of fused-ring (bicyclic) bond motifs is 1. The number of ether oxygens (including phenoxy) is 1. The van der Waals surface area contributed by atoms with Gasteiger partial charge < -0.3 is 4.74 Å². The molecule has 0 N–H and O–H groups in total. The fourth-order valence-electron chi connectivity index (χ4n) is 3.06. The van der Waals surface area contributed by atoms with Crippen LogP contribution < -0.4 is 4.74 Å². The molecule has 4 rings (SSSR count). The molecule has 6 heteroatoms. The molecule has 27 heavy (non-hydrogen) atoms. The first-order chi connectivity index (χ1) is 13.1. The molecule has 0 aliphatic heterocycles. The number of nitrogens with zero attached hydrogens (tertiary/aromatic N) is 5. The second-order valence-electron chi connectivity index (χ2n) is 6.28. The van der Waals surface area contributed by atoms with Crippen LogP contribution in [0.25, 0.3) is 28.0 Å². The molecule has 132 valence electrons. The van der Waals surface area contributed by atoms with Crippen molar-refractivity contribution in [3.63, 3.8) is 0 Å². The van der Waals surface area contributed by atoms with Gasteiger partial charge >= 0.3 is 0 Å². The Hall–Kier alpha value is -3.72. The minimum Gasteiger partial charge on any atom is -0.479 e. The number of benzene rings is 1. The van der Waals surface area contributed by atoms with E-state index in [2.05, 4.69) is 22.1 Å². The third-order valence-corrected chi connectivity index (χ3v) is 4.63. The first kappa shape index (κ1) is 16.7. The number of methoxy groups -OCH3 is 1. The number of nitriles is 1. The fraction of sp³-hybridized carbons (Fsp3) is 0.143. The van der Waals surface area contributed by atoms with Crippen LogP contribution in [0.15, 0.2) is 49.1 Å². The van der Waals surface area contributed by atoms with Gasteiger partial charge in [0.15, 0.2) is 0 Å². The van der Waals surface area contributed by atoms with E-state index in [0.29, 0.717) is 11.4 Å². The summed E-state index contributed by atoms with van der Waals surface area (Å²) in [5, 5.41) is 9.08. The molecule has 3 aromatic heterocycles. The van der Waals surface area contributed by atoms with Crippen LogP contribution in [0, 0.1) is 25.2 Å². The summed E-state index contributed by atoms with van der Waals surface area (Å²) in [6.07, 6.45) is 5.32.